The number of aromatic nitrogens is 2. The van der Waals surface area contributed by atoms with Crippen LogP contribution in [-0.4, -0.2) is 25.4 Å². The van der Waals surface area contributed by atoms with Gasteiger partial charge in [-0.05, 0) is 49.5 Å². The summed E-state index contributed by atoms with van der Waals surface area (Å²) in [6.45, 7) is 0. The Morgan fingerprint density at radius 1 is 1.00 bits per heavy atom. The molecule has 142 valence electrons. The largest absolute Gasteiger partial charge is 0.451 e. The van der Waals surface area contributed by atoms with Gasteiger partial charge in [0, 0.05) is 11.1 Å². The number of rotatable bonds is 4. The molecule has 3 aromatic rings. The molecule has 2 N–H and O–H groups in total. The Hall–Kier alpha value is -2.79. The lowest BCUT2D eigenvalue weighted by Crippen LogP contribution is -2.18. The molecule has 0 aliphatic rings. The molecule has 1 heterocycles. The van der Waals surface area contributed by atoms with E-state index in [1.165, 1.54) is 31.3 Å². The molecule has 0 spiro atoms. The van der Waals surface area contributed by atoms with Gasteiger partial charge in [0.05, 0.1) is 10.4 Å². The van der Waals surface area contributed by atoms with Crippen LogP contribution in [0.3, 0.4) is 0 Å². The van der Waals surface area contributed by atoms with Crippen LogP contribution in [-0.2, 0) is 16.2 Å². The number of sulfonamides is 1. The minimum absolute atomic E-state index is 0.0230. The molecule has 0 unspecified atom stereocenters. The first kappa shape index (κ1) is 19.0. The summed E-state index contributed by atoms with van der Waals surface area (Å²) in [4.78, 5) is 6.85. The van der Waals surface area contributed by atoms with Gasteiger partial charge in [-0.1, -0.05) is 0 Å². The summed E-state index contributed by atoms with van der Waals surface area (Å²) < 4.78 is 78.2. The van der Waals surface area contributed by atoms with Crippen LogP contribution < -0.4 is 10.0 Å². The fraction of sp³-hybridized carbons (Fsp3) is 0.125. The van der Waals surface area contributed by atoms with Crippen LogP contribution in [0.2, 0.25) is 0 Å². The molecule has 0 atom stereocenters. The Bertz CT molecular complexity index is 1100. The molecule has 11 heteroatoms. The number of hydrogen-bond acceptors (Lipinski definition) is 5. The number of fused-ring (bicyclic) bond motifs is 1. The zero-order chi connectivity index (χ0) is 19.8. The van der Waals surface area contributed by atoms with E-state index in [0.29, 0.717) is 0 Å². The van der Waals surface area contributed by atoms with Crippen LogP contribution >= 0.6 is 0 Å². The van der Waals surface area contributed by atoms with E-state index in [2.05, 4.69) is 20.0 Å². The number of halogens is 4. The summed E-state index contributed by atoms with van der Waals surface area (Å²) in [5.74, 6) is -2.29. The summed E-state index contributed by atoms with van der Waals surface area (Å²) >= 11 is 0. The Labute approximate surface area is 151 Å². The number of alkyl halides is 3. The van der Waals surface area contributed by atoms with Gasteiger partial charge in [0.1, 0.15) is 11.6 Å². The number of hydrogen-bond donors (Lipinski definition) is 2. The molecule has 6 nitrogen and oxygen atoms in total. The van der Waals surface area contributed by atoms with Crippen molar-refractivity contribution in [3.63, 3.8) is 0 Å². The van der Waals surface area contributed by atoms with Crippen LogP contribution in [0.1, 0.15) is 5.82 Å². The minimum atomic E-state index is -4.79. The fourth-order valence-electron chi connectivity index (χ4n) is 2.29. The SMILES string of the molecule is CNS(=O)(=O)c1ccc(Nc2nc(C(F)(F)F)nc3ccc(F)cc23)cc1. The molecule has 2 aromatic carbocycles. The van der Waals surface area contributed by atoms with E-state index >= 15 is 0 Å². The number of anilines is 2. The molecular formula is C16H12F4N4O2S. The molecule has 27 heavy (non-hydrogen) atoms. The first-order valence-corrected chi connectivity index (χ1v) is 8.93. The topological polar surface area (TPSA) is 84.0 Å². The molecule has 3 rings (SSSR count). The molecule has 0 aliphatic carbocycles. The highest BCUT2D eigenvalue weighted by atomic mass is 32.2. The smallest absolute Gasteiger partial charge is 0.340 e. The van der Waals surface area contributed by atoms with Crippen LogP contribution in [0.5, 0.6) is 0 Å². The van der Waals surface area contributed by atoms with Gasteiger partial charge in [-0.2, -0.15) is 13.2 Å². The maximum absolute atomic E-state index is 13.5. The summed E-state index contributed by atoms with van der Waals surface area (Å²) in [7, 11) is -2.40. The average molecular weight is 400 g/mol. The van der Waals surface area contributed by atoms with E-state index in [1.807, 2.05) is 0 Å². The predicted molar refractivity (Wildman–Crippen MR) is 90.5 cm³/mol. The molecule has 0 radical (unpaired) electrons. The maximum Gasteiger partial charge on any atom is 0.451 e. The minimum Gasteiger partial charge on any atom is -0.340 e. The van der Waals surface area contributed by atoms with Crippen LogP contribution in [0.4, 0.5) is 29.1 Å². The number of benzene rings is 2. The van der Waals surface area contributed by atoms with Gasteiger partial charge in [-0.15, -0.1) is 0 Å². The van der Waals surface area contributed by atoms with Crippen molar-refractivity contribution >= 4 is 32.4 Å². The highest BCUT2D eigenvalue weighted by Gasteiger charge is 2.35. The molecule has 0 bridgehead atoms. The Kier molecular flexibility index (Phi) is 4.74. The average Bonchev–Trinajstić information content (AvgIpc) is 2.61. The molecule has 0 amide bonds. The van der Waals surface area contributed by atoms with E-state index < -0.39 is 27.8 Å². The third-order valence-electron chi connectivity index (χ3n) is 3.61. The van der Waals surface area contributed by atoms with Crippen molar-refractivity contribution < 1.29 is 26.0 Å². The molecule has 1 aromatic heterocycles. The molecule has 0 aliphatic heterocycles. The van der Waals surface area contributed by atoms with E-state index in [9.17, 15) is 26.0 Å². The van der Waals surface area contributed by atoms with E-state index in [0.717, 1.165) is 18.2 Å². The summed E-state index contributed by atoms with van der Waals surface area (Å²) in [5.41, 5.74) is 0.179. The van der Waals surface area contributed by atoms with Gasteiger partial charge in [-0.3, -0.25) is 0 Å². The van der Waals surface area contributed by atoms with Crippen LogP contribution in [0, 0.1) is 5.82 Å². The third kappa shape index (κ3) is 3.98. The second kappa shape index (κ2) is 6.74. The molecule has 0 saturated carbocycles. The highest BCUT2D eigenvalue weighted by molar-refractivity contribution is 7.89. The van der Waals surface area contributed by atoms with Crippen molar-refractivity contribution in [2.75, 3.05) is 12.4 Å². The Morgan fingerprint density at radius 2 is 1.67 bits per heavy atom. The van der Waals surface area contributed by atoms with E-state index in [-0.39, 0.29) is 27.3 Å². The van der Waals surface area contributed by atoms with Crippen molar-refractivity contribution in [3.05, 3.63) is 54.1 Å². The number of nitrogens with one attached hydrogen (secondary N) is 2. The molecule has 0 fully saturated rings. The zero-order valence-corrected chi connectivity index (χ0v) is 14.5. The summed E-state index contributed by atoms with van der Waals surface area (Å²) in [5, 5.41) is 2.70. The van der Waals surface area contributed by atoms with Gasteiger partial charge >= 0.3 is 6.18 Å². The van der Waals surface area contributed by atoms with Gasteiger partial charge in [0.15, 0.2) is 0 Å². The lowest BCUT2D eigenvalue weighted by molar-refractivity contribution is -0.144. The van der Waals surface area contributed by atoms with Gasteiger partial charge in [0.25, 0.3) is 0 Å². The van der Waals surface area contributed by atoms with Crippen molar-refractivity contribution in [1.82, 2.24) is 14.7 Å². The lowest BCUT2D eigenvalue weighted by Gasteiger charge is -2.13. The zero-order valence-electron chi connectivity index (χ0n) is 13.7. The standard InChI is InChI=1S/C16H12F4N4O2S/c1-21-27(25,26)11-5-3-10(4-6-11)22-14-12-8-9(17)2-7-13(12)23-15(24-14)16(18,19)20/h2-8,21H,1H3,(H,22,23,24). The first-order chi connectivity index (χ1) is 12.6. The van der Waals surface area contributed by atoms with E-state index in [4.69, 9.17) is 0 Å². The monoisotopic (exact) mass is 400 g/mol. The van der Waals surface area contributed by atoms with Crippen LogP contribution in [0.25, 0.3) is 10.9 Å². The number of nitrogens with zero attached hydrogens (tertiary/aromatic N) is 2. The summed E-state index contributed by atoms with van der Waals surface area (Å²) in [6, 6.07) is 8.37. The predicted octanol–water partition coefficient (Wildman–Crippen LogP) is 3.44. The van der Waals surface area contributed by atoms with Crippen molar-refractivity contribution in [2.45, 2.75) is 11.1 Å². The second-order valence-corrected chi connectivity index (χ2v) is 7.30. The van der Waals surface area contributed by atoms with Gasteiger partial charge in [-0.25, -0.2) is 27.5 Å². The highest BCUT2D eigenvalue weighted by Crippen LogP contribution is 2.32. The second-order valence-electron chi connectivity index (χ2n) is 5.41. The maximum atomic E-state index is 13.5. The Balaban J connectivity index is 2.06. The van der Waals surface area contributed by atoms with Crippen molar-refractivity contribution in [1.29, 1.82) is 0 Å². The van der Waals surface area contributed by atoms with Crippen LogP contribution in [0.15, 0.2) is 47.4 Å². The third-order valence-corrected chi connectivity index (χ3v) is 5.04. The van der Waals surface area contributed by atoms with Crippen molar-refractivity contribution in [3.8, 4) is 0 Å². The van der Waals surface area contributed by atoms with E-state index in [1.54, 1.807) is 0 Å². The summed E-state index contributed by atoms with van der Waals surface area (Å²) in [6.07, 6.45) is -4.79. The fourth-order valence-corrected chi connectivity index (χ4v) is 3.02. The lowest BCUT2D eigenvalue weighted by atomic mass is 10.2. The van der Waals surface area contributed by atoms with Crippen molar-refractivity contribution in [2.24, 2.45) is 0 Å². The molecule has 0 saturated heterocycles. The quantitative estimate of drug-likeness (QED) is 0.656. The molecular weight excluding hydrogens is 388 g/mol. The Morgan fingerprint density at radius 3 is 2.26 bits per heavy atom. The van der Waals surface area contributed by atoms with Gasteiger partial charge in [0.2, 0.25) is 15.8 Å². The normalized spacial score (nSPS) is 12.3. The van der Waals surface area contributed by atoms with Gasteiger partial charge < -0.3 is 5.32 Å². The first-order valence-electron chi connectivity index (χ1n) is 7.45.